The second-order valence-corrected chi connectivity index (χ2v) is 7.88. The molecule has 3 rings (SSSR count). The van der Waals surface area contributed by atoms with Crippen LogP contribution >= 0.6 is 11.3 Å². The minimum absolute atomic E-state index is 0.0681. The summed E-state index contributed by atoms with van der Waals surface area (Å²) in [6.07, 6.45) is 1.43. The van der Waals surface area contributed by atoms with Gasteiger partial charge in [0, 0.05) is 7.05 Å². The van der Waals surface area contributed by atoms with Gasteiger partial charge in [0.15, 0.2) is 5.76 Å². The number of carbonyl (C=O) groups excluding carboxylic acids is 2. The van der Waals surface area contributed by atoms with Crippen molar-refractivity contribution >= 4 is 33.4 Å². The minimum Gasteiger partial charge on any atom is -0.459 e. The van der Waals surface area contributed by atoms with Gasteiger partial charge >= 0.3 is 0 Å². The average molecular weight is 385 g/mol. The number of aromatic nitrogens is 1. The molecular formula is C20H23N3O3S. The number of nitrogens with zero attached hydrogens (tertiary/aromatic N) is 2. The first-order valence-electron chi connectivity index (χ1n) is 8.85. The number of fused-ring (bicyclic) bond motifs is 1. The molecule has 0 saturated heterocycles. The summed E-state index contributed by atoms with van der Waals surface area (Å²) in [5, 5.41) is 3.66. The van der Waals surface area contributed by atoms with Gasteiger partial charge in [-0.15, -0.1) is 11.3 Å². The van der Waals surface area contributed by atoms with E-state index in [4.69, 9.17) is 4.42 Å². The van der Waals surface area contributed by atoms with E-state index < -0.39 is 11.9 Å². The first-order chi connectivity index (χ1) is 12.9. The van der Waals surface area contributed by atoms with Crippen molar-refractivity contribution in [2.24, 2.45) is 5.92 Å². The molecule has 2 aromatic heterocycles. The predicted molar refractivity (Wildman–Crippen MR) is 106 cm³/mol. The van der Waals surface area contributed by atoms with E-state index in [1.807, 2.05) is 45.0 Å². The molecule has 2 atom stereocenters. The Balaban J connectivity index is 1.77. The normalized spacial score (nSPS) is 13.5. The van der Waals surface area contributed by atoms with Gasteiger partial charge in [0.1, 0.15) is 11.0 Å². The van der Waals surface area contributed by atoms with Crippen molar-refractivity contribution in [3.63, 3.8) is 0 Å². The highest BCUT2D eigenvalue weighted by atomic mass is 32.1. The first-order valence-corrected chi connectivity index (χ1v) is 9.66. The molecule has 0 radical (unpaired) electrons. The molecule has 0 bridgehead atoms. The fourth-order valence-electron chi connectivity index (χ4n) is 2.78. The molecule has 1 N–H and O–H groups in total. The summed E-state index contributed by atoms with van der Waals surface area (Å²) in [7, 11) is 1.74. The third-order valence-corrected chi connectivity index (χ3v) is 5.77. The van der Waals surface area contributed by atoms with Crippen LogP contribution in [0.25, 0.3) is 10.2 Å². The lowest BCUT2D eigenvalue weighted by atomic mass is 10.0. The predicted octanol–water partition coefficient (Wildman–Crippen LogP) is 3.86. The summed E-state index contributed by atoms with van der Waals surface area (Å²) in [5.41, 5.74) is 0.928. The summed E-state index contributed by atoms with van der Waals surface area (Å²) in [6, 6.07) is 10.3. The number of thiazole rings is 1. The maximum Gasteiger partial charge on any atom is 0.287 e. The van der Waals surface area contributed by atoms with E-state index in [1.54, 1.807) is 35.4 Å². The van der Waals surface area contributed by atoms with Gasteiger partial charge in [0.05, 0.1) is 22.5 Å². The molecule has 0 fully saturated rings. The molecule has 0 aliphatic carbocycles. The Morgan fingerprint density at radius 3 is 2.52 bits per heavy atom. The largest absolute Gasteiger partial charge is 0.459 e. The Kier molecular flexibility index (Phi) is 5.60. The van der Waals surface area contributed by atoms with Crippen molar-refractivity contribution in [1.29, 1.82) is 0 Å². The van der Waals surface area contributed by atoms with Crippen molar-refractivity contribution in [1.82, 2.24) is 15.2 Å². The number of benzene rings is 1. The number of rotatable bonds is 6. The smallest absolute Gasteiger partial charge is 0.287 e. The van der Waals surface area contributed by atoms with Crippen molar-refractivity contribution < 1.29 is 14.0 Å². The zero-order valence-electron chi connectivity index (χ0n) is 15.8. The van der Waals surface area contributed by atoms with Gasteiger partial charge < -0.3 is 14.6 Å². The molecular weight excluding hydrogens is 362 g/mol. The average Bonchev–Trinajstić information content (AvgIpc) is 3.33. The van der Waals surface area contributed by atoms with Crippen LogP contribution in [0.3, 0.4) is 0 Å². The van der Waals surface area contributed by atoms with Crippen molar-refractivity contribution in [3.05, 3.63) is 53.4 Å². The first kappa shape index (κ1) is 19.1. The molecule has 142 valence electrons. The van der Waals surface area contributed by atoms with Gasteiger partial charge in [-0.05, 0) is 37.1 Å². The van der Waals surface area contributed by atoms with Crippen LogP contribution < -0.4 is 5.32 Å². The van der Waals surface area contributed by atoms with Crippen molar-refractivity contribution in [2.45, 2.75) is 32.9 Å². The van der Waals surface area contributed by atoms with Crippen LogP contribution in [-0.2, 0) is 4.79 Å². The highest BCUT2D eigenvalue weighted by Crippen LogP contribution is 2.29. The molecule has 7 heteroatoms. The zero-order valence-corrected chi connectivity index (χ0v) is 16.6. The third-order valence-electron chi connectivity index (χ3n) is 4.56. The van der Waals surface area contributed by atoms with Gasteiger partial charge in [-0.25, -0.2) is 4.98 Å². The monoisotopic (exact) mass is 385 g/mol. The van der Waals surface area contributed by atoms with E-state index in [2.05, 4.69) is 10.3 Å². The van der Waals surface area contributed by atoms with Crippen LogP contribution in [0.2, 0.25) is 0 Å². The number of para-hydroxylation sites is 1. The Labute approximate surface area is 162 Å². The molecule has 2 heterocycles. The number of furan rings is 1. The molecule has 1 aromatic carbocycles. The van der Waals surface area contributed by atoms with Gasteiger partial charge in [-0.3, -0.25) is 9.59 Å². The van der Waals surface area contributed by atoms with Crippen molar-refractivity contribution in [3.8, 4) is 0 Å². The summed E-state index contributed by atoms with van der Waals surface area (Å²) < 4.78 is 6.21. The Hall–Kier alpha value is -2.67. The van der Waals surface area contributed by atoms with E-state index in [-0.39, 0.29) is 23.6 Å². The lowest BCUT2D eigenvalue weighted by molar-refractivity contribution is -0.135. The van der Waals surface area contributed by atoms with Crippen LogP contribution in [0.5, 0.6) is 0 Å². The quantitative estimate of drug-likeness (QED) is 0.699. The SMILES string of the molecule is CC(C)[C@H](NC(=O)c1ccco1)C(=O)N(C)[C@H](C)c1nc2ccccc2s1. The third kappa shape index (κ3) is 4.03. The van der Waals surface area contributed by atoms with E-state index in [9.17, 15) is 9.59 Å². The van der Waals surface area contributed by atoms with Crippen LogP contribution in [-0.4, -0.2) is 34.8 Å². The van der Waals surface area contributed by atoms with Crippen molar-refractivity contribution in [2.75, 3.05) is 7.05 Å². The van der Waals surface area contributed by atoms with Gasteiger partial charge in [-0.2, -0.15) is 0 Å². The maximum absolute atomic E-state index is 13.1. The number of nitrogens with one attached hydrogen (secondary N) is 1. The molecule has 2 amide bonds. The molecule has 0 aliphatic heterocycles. The number of likely N-dealkylation sites (N-methyl/N-ethyl adjacent to an activating group) is 1. The minimum atomic E-state index is -0.649. The lowest BCUT2D eigenvalue weighted by Crippen LogP contribution is -2.50. The maximum atomic E-state index is 13.1. The lowest BCUT2D eigenvalue weighted by Gasteiger charge is -2.30. The molecule has 6 nitrogen and oxygen atoms in total. The summed E-state index contributed by atoms with van der Waals surface area (Å²) >= 11 is 1.58. The number of hydrogen-bond acceptors (Lipinski definition) is 5. The van der Waals surface area contributed by atoms with Crippen LogP contribution in [0, 0.1) is 5.92 Å². The Morgan fingerprint density at radius 2 is 1.89 bits per heavy atom. The molecule has 0 saturated carbocycles. The van der Waals surface area contributed by atoms with Crippen LogP contribution in [0.1, 0.15) is 42.4 Å². The molecule has 3 aromatic rings. The second kappa shape index (κ2) is 7.92. The van der Waals surface area contributed by atoms with Gasteiger partial charge in [-0.1, -0.05) is 26.0 Å². The standard InChI is InChI=1S/C20H23N3O3S/c1-12(2)17(22-18(24)15-9-7-11-26-15)20(25)23(4)13(3)19-21-14-8-5-6-10-16(14)27-19/h5-13,17H,1-4H3,(H,22,24)/t13-,17+/m1/s1. The fourth-order valence-corrected chi connectivity index (χ4v) is 3.84. The fraction of sp³-hybridized carbons (Fsp3) is 0.350. The van der Waals surface area contributed by atoms with Crippen LogP contribution in [0.4, 0.5) is 0 Å². The Morgan fingerprint density at radius 1 is 1.15 bits per heavy atom. The molecule has 0 spiro atoms. The highest BCUT2D eigenvalue weighted by Gasteiger charge is 2.31. The number of carbonyl (C=O) groups is 2. The summed E-state index contributed by atoms with van der Waals surface area (Å²) in [4.78, 5) is 31.7. The summed E-state index contributed by atoms with van der Waals surface area (Å²) in [6.45, 7) is 5.75. The topological polar surface area (TPSA) is 75.4 Å². The van der Waals surface area contributed by atoms with E-state index in [0.29, 0.717) is 0 Å². The van der Waals surface area contributed by atoms with Gasteiger partial charge in [0.25, 0.3) is 5.91 Å². The zero-order chi connectivity index (χ0) is 19.6. The summed E-state index contributed by atoms with van der Waals surface area (Å²) in [5.74, 6) is -0.429. The van der Waals surface area contributed by atoms with E-state index >= 15 is 0 Å². The Bertz CT molecular complexity index is 900. The van der Waals surface area contributed by atoms with Gasteiger partial charge in [0.2, 0.25) is 5.91 Å². The van der Waals surface area contributed by atoms with Crippen LogP contribution in [0.15, 0.2) is 47.1 Å². The highest BCUT2D eigenvalue weighted by molar-refractivity contribution is 7.18. The van der Waals surface area contributed by atoms with E-state index in [0.717, 1.165) is 15.2 Å². The number of amides is 2. The molecule has 27 heavy (non-hydrogen) atoms. The van der Waals surface area contributed by atoms with E-state index in [1.165, 1.54) is 6.26 Å². The second-order valence-electron chi connectivity index (χ2n) is 6.82. The molecule has 0 aliphatic rings. The number of hydrogen-bond donors (Lipinski definition) is 1. The molecule has 0 unspecified atom stereocenters.